The Balaban J connectivity index is 2.40. The van der Waals surface area contributed by atoms with Crippen molar-refractivity contribution in [3.63, 3.8) is 0 Å². The van der Waals surface area contributed by atoms with Crippen molar-refractivity contribution in [2.24, 2.45) is 11.8 Å². The summed E-state index contributed by atoms with van der Waals surface area (Å²) in [5.41, 5.74) is 1.17. The first kappa shape index (κ1) is 31.0. The highest BCUT2D eigenvalue weighted by atomic mass is 16.6. The van der Waals surface area contributed by atoms with Crippen LogP contribution in [-0.4, -0.2) is 34.7 Å². The minimum absolute atomic E-state index is 0.0114. The Morgan fingerprint density at radius 1 is 0.846 bits per heavy atom. The smallest absolute Gasteiger partial charge is 0.338 e. The number of esters is 3. The molecule has 0 bridgehead atoms. The number of benzene rings is 2. The largest absolute Gasteiger partial charge is 0.508 e. The van der Waals surface area contributed by atoms with Crippen LogP contribution < -0.4 is 18.9 Å². The van der Waals surface area contributed by atoms with Crippen LogP contribution >= 0.6 is 0 Å². The Kier molecular flexibility index (Phi) is 10.7. The summed E-state index contributed by atoms with van der Waals surface area (Å²) in [5, 5.41) is 20.5. The first-order chi connectivity index (χ1) is 18.2. The summed E-state index contributed by atoms with van der Waals surface area (Å²) in [6.45, 7) is 17.6. The van der Waals surface area contributed by atoms with E-state index in [1.54, 1.807) is 27.7 Å². The van der Waals surface area contributed by atoms with Gasteiger partial charge in [-0.25, -0.2) is 4.79 Å². The van der Waals surface area contributed by atoms with Crippen molar-refractivity contribution >= 4 is 17.9 Å². The first-order valence-corrected chi connectivity index (χ1v) is 12.5. The van der Waals surface area contributed by atoms with E-state index in [0.717, 1.165) is 5.57 Å². The van der Waals surface area contributed by atoms with E-state index in [1.807, 2.05) is 6.92 Å². The average molecular weight is 541 g/mol. The van der Waals surface area contributed by atoms with Crippen molar-refractivity contribution in [1.82, 2.24) is 0 Å². The molecular formula is C30H36O9. The number of hydrogen-bond donors (Lipinski definition) is 2. The van der Waals surface area contributed by atoms with Crippen LogP contribution in [0.25, 0.3) is 0 Å². The van der Waals surface area contributed by atoms with E-state index in [9.17, 15) is 24.6 Å². The normalized spacial score (nSPS) is 13.0. The van der Waals surface area contributed by atoms with Crippen molar-refractivity contribution in [2.75, 3.05) is 6.61 Å². The highest BCUT2D eigenvalue weighted by molar-refractivity contribution is 5.89. The molecule has 9 nitrogen and oxygen atoms in total. The van der Waals surface area contributed by atoms with Crippen molar-refractivity contribution in [3.05, 3.63) is 60.2 Å². The van der Waals surface area contributed by atoms with Crippen molar-refractivity contribution < 1.29 is 43.5 Å². The lowest BCUT2D eigenvalue weighted by Gasteiger charge is -2.23. The van der Waals surface area contributed by atoms with Gasteiger partial charge < -0.3 is 29.2 Å². The molecule has 0 aliphatic rings. The molecule has 0 radical (unpaired) electrons. The predicted octanol–water partition coefficient (Wildman–Crippen LogP) is 5.83. The second kappa shape index (κ2) is 13.5. The van der Waals surface area contributed by atoms with E-state index in [2.05, 4.69) is 13.2 Å². The number of aromatic hydroxyl groups is 2. The summed E-state index contributed by atoms with van der Waals surface area (Å²) in [6.07, 6.45) is 0.533. The highest BCUT2D eigenvalue weighted by Gasteiger charge is 2.29. The van der Waals surface area contributed by atoms with Gasteiger partial charge in [-0.2, -0.15) is 0 Å². The molecule has 0 amide bonds. The van der Waals surface area contributed by atoms with E-state index < -0.39 is 35.7 Å². The van der Waals surface area contributed by atoms with E-state index in [1.165, 1.54) is 37.3 Å². The minimum atomic E-state index is -0.823. The molecule has 0 aromatic heterocycles. The Morgan fingerprint density at radius 3 is 2.08 bits per heavy atom. The molecule has 2 rings (SSSR count). The fourth-order valence-corrected chi connectivity index (χ4v) is 3.23. The number of carbonyl (C=O) groups excluding carboxylic acids is 3. The van der Waals surface area contributed by atoms with E-state index >= 15 is 0 Å². The van der Waals surface area contributed by atoms with E-state index in [0.29, 0.717) is 12.0 Å². The zero-order chi connectivity index (χ0) is 29.4. The third kappa shape index (κ3) is 8.36. The zero-order valence-corrected chi connectivity index (χ0v) is 23.2. The van der Waals surface area contributed by atoms with Gasteiger partial charge in [0.2, 0.25) is 0 Å². The molecule has 0 saturated heterocycles. The van der Waals surface area contributed by atoms with Gasteiger partial charge in [-0.05, 0) is 50.0 Å². The van der Waals surface area contributed by atoms with Gasteiger partial charge in [0.15, 0.2) is 23.0 Å². The third-order valence-corrected chi connectivity index (χ3v) is 6.09. The summed E-state index contributed by atoms with van der Waals surface area (Å²) in [4.78, 5) is 37.8. The first-order valence-electron chi connectivity index (χ1n) is 12.5. The molecular weight excluding hydrogens is 504 g/mol. The molecule has 0 saturated carbocycles. The maximum absolute atomic E-state index is 13.1. The number of carbonyl (C=O) groups is 3. The lowest BCUT2D eigenvalue weighted by Crippen LogP contribution is -2.24. The monoisotopic (exact) mass is 540 g/mol. The lowest BCUT2D eigenvalue weighted by atomic mass is 9.88. The topological polar surface area (TPSA) is 129 Å². The Bertz CT molecular complexity index is 1260. The second-order valence-electron chi connectivity index (χ2n) is 9.63. The van der Waals surface area contributed by atoms with Crippen LogP contribution in [0.3, 0.4) is 0 Å². The number of phenolic OH excluding ortho intramolecular Hbond substituents is 2. The molecule has 2 aromatic carbocycles. The van der Waals surface area contributed by atoms with Crippen molar-refractivity contribution in [1.29, 1.82) is 0 Å². The van der Waals surface area contributed by atoms with Gasteiger partial charge >= 0.3 is 17.9 Å². The number of hydrogen-bond acceptors (Lipinski definition) is 9. The van der Waals surface area contributed by atoms with E-state index in [4.69, 9.17) is 18.9 Å². The standard InChI is InChI=1S/C30H36O9/c1-9-18(6)29(34)38-26-14-25(37-28(33)17(4)5)22(13-23(26)32)19(7)20(8)30(35)39-27-12-21(31)10-11-24(27)36-15-16(2)3/h10-14,18-20,31-32H,2,4,9,15H2,1,3,5-8H3. The molecule has 9 heteroatoms. The summed E-state index contributed by atoms with van der Waals surface area (Å²) in [5.74, 6) is -4.27. The number of rotatable bonds is 12. The number of ether oxygens (including phenoxy) is 4. The number of phenols is 2. The van der Waals surface area contributed by atoms with Gasteiger partial charge in [0.25, 0.3) is 0 Å². The molecule has 0 aliphatic heterocycles. The van der Waals surface area contributed by atoms with Crippen LogP contribution in [0.5, 0.6) is 34.5 Å². The molecule has 210 valence electrons. The molecule has 39 heavy (non-hydrogen) atoms. The average Bonchev–Trinajstić information content (AvgIpc) is 2.88. The summed E-state index contributed by atoms with van der Waals surface area (Å²) >= 11 is 0. The van der Waals surface area contributed by atoms with Crippen molar-refractivity contribution in [2.45, 2.75) is 53.9 Å². The quantitative estimate of drug-likeness (QED) is 0.148. The van der Waals surface area contributed by atoms with Crippen LogP contribution in [0.15, 0.2) is 54.6 Å². The highest BCUT2D eigenvalue weighted by Crippen LogP contribution is 2.41. The lowest BCUT2D eigenvalue weighted by molar-refractivity contribution is -0.139. The Hall–Kier alpha value is -4.27. The molecule has 0 spiro atoms. The van der Waals surface area contributed by atoms with Gasteiger partial charge in [-0.3, -0.25) is 9.59 Å². The molecule has 3 atom stereocenters. The molecule has 2 aromatic rings. The zero-order valence-electron chi connectivity index (χ0n) is 23.2. The van der Waals surface area contributed by atoms with Gasteiger partial charge in [0.1, 0.15) is 18.1 Å². The van der Waals surface area contributed by atoms with Crippen LogP contribution in [0, 0.1) is 11.8 Å². The van der Waals surface area contributed by atoms with Crippen LogP contribution in [0.4, 0.5) is 0 Å². The predicted molar refractivity (Wildman–Crippen MR) is 145 cm³/mol. The SMILES string of the molecule is C=C(C)COc1ccc(O)cc1OC(=O)C(C)C(C)c1cc(O)c(OC(=O)C(C)CC)cc1OC(=O)C(=C)C. The molecule has 2 N–H and O–H groups in total. The second-order valence-corrected chi connectivity index (χ2v) is 9.63. The van der Waals surface area contributed by atoms with Crippen molar-refractivity contribution in [3.8, 4) is 34.5 Å². The fourth-order valence-electron chi connectivity index (χ4n) is 3.23. The summed E-state index contributed by atoms with van der Waals surface area (Å²) in [7, 11) is 0. The summed E-state index contributed by atoms with van der Waals surface area (Å²) in [6, 6.07) is 6.65. The maximum atomic E-state index is 13.1. The summed E-state index contributed by atoms with van der Waals surface area (Å²) < 4.78 is 22.0. The molecule has 0 heterocycles. The Labute approximate surface area is 228 Å². The van der Waals surface area contributed by atoms with Gasteiger partial charge in [0.05, 0.1) is 11.8 Å². The molecule has 0 aliphatic carbocycles. The van der Waals surface area contributed by atoms with Gasteiger partial charge in [0, 0.05) is 23.3 Å². The van der Waals surface area contributed by atoms with Gasteiger partial charge in [-0.15, -0.1) is 0 Å². The van der Waals surface area contributed by atoms with Crippen LogP contribution in [-0.2, 0) is 14.4 Å². The molecule has 3 unspecified atom stereocenters. The third-order valence-electron chi connectivity index (χ3n) is 6.09. The minimum Gasteiger partial charge on any atom is -0.508 e. The Morgan fingerprint density at radius 2 is 1.49 bits per heavy atom. The van der Waals surface area contributed by atoms with Gasteiger partial charge in [-0.1, -0.05) is 40.9 Å². The maximum Gasteiger partial charge on any atom is 0.338 e. The van der Waals surface area contributed by atoms with Crippen LogP contribution in [0.2, 0.25) is 0 Å². The van der Waals surface area contributed by atoms with Crippen LogP contribution in [0.1, 0.15) is 59.4 Å². The fraction of sp³-hybridized carbons (Fsp3) is 0.367. The van der Waals surface area contributed by atoms with E-state index in [-0.39, 0.29) is 46.7 Å². The molecule has 0 fully saturated rings.